The summed E-state index contributed by atoms with van der Waals surface area (Å²) in [5.41, 5.74) is 3.54. The van der Waals surface area contributed by atoms with E-state index in [0.29, 0.717) is 42.1 Å². The first-order chi connectivity index (χ1) is 19.6. The predicted molar refractivity (Wildman–Crippen MR) is 157 cm³/mol. The van der Waals surface area contributed by atoms with E-state index in [-0.39, 0.29) is 12.1 Å². The van der Waals surface area contributed by atoms with Crippen molar-refractivity contribution in [3.8, 4) is 18.0 Å². The minimum Gasteiger partial charge on any atom is -0.475 e. The van der Waals surface area contributed by atoms with Crippen LogP contribution in [-0.4, -0.2) is 68.3 Å². The largest absolute Gasteiger partial charge is 0.475 e. The van der Waals surface area contributed by atoms with Crippen molar-refractivity contribution >= 4 is 28.2 Å². The van der Waals surface area contributed by atoms with E-state index in [2.05, 4.69) is 57.8 Å². The fourth-order valence-corrected chi connectivity index (χ4v) is 6.84. The van der Waals surface area contributed by atoms with Gasteiger partial charge in [-0.05, 0) is 49.9 Å². The summed E-state index contributed by atoms with van der Waals surface area (Å²) in [4.78, 5) is 9.65. The molecule has 2 N–H and O–H groups in total. The Morgan fingerprint density at radius 1 is 1.12 bits per heavy atom. The molecule has 40 heavy (non-hydrogen) atoms. The van der Waals surface area contributed by atoms with Gasteiger partial charge in [0.05, 0.1) is 18.5 Å². The van der Waals surface area contributed by atoms with E-state index in [1.165, 1.54) is 0 Å². The van der Waals surface area contributed by atoms with Crippen molar-refractivity contribution in [3.05, 3.63) is 63.7 Å². The van der Waals surface area contributed by atoms with Gasteiger partial charge in [0.1, 0.15) is 24.1 Å². The number of nitriles is 2. The predicted octanol–water partition coefficient (Wildman–Crippen LogP) is 4.16. The van der Waals surface area contributed by atoms with Crippen LogP contribution in [0.3, 0.4) is 0 Å². The number of anilines is 1. The number of ether oxygens (including phenoxy) is 1. The van der Waals surface area contributed by atoms with Gasteiger partial charge in [-0.3, -0.25) is 0 Å². The number of likely N-dealkylation sites (tertiary alicyclic amines) is 1. The number of halogens is 1. The Hall–Kier alpha value is -3.40. The molecule has 2 fully saturated rings. The van der Waals surface area contributed by atoms with Gasteiger partial charge in [-0.15, -0.1) is 0 Å². The third-order valence-corrected chi connectivity index (χ3v) is 8.90. The van der Waals surface area contributed by atoms with Gasteiger partial charge in [0.2, 0.25) is 5.88 Å². The monoisotopic (exact) mass is 555 g/mol. The standard InChI is InChI=1S/C31H34ClN7O/c1-38-15-4-7-22(38)19-40-31-25(17-34)28-24(30(37-31)39-16-14-35-21(18-39)10-12-33)11-13-36-29(28)23-8-2-5-20-6-3-9-26(32)27(20)23/h2-3,5-6,8-9,21-22,29,35-36H,4,7,10-11,13-16,18-19H2,1H3/t21-,22-,29?/m0/s1. The first-order valence-corrected chi connectivity index (χ1v) is 14.5. The number of likely N-dealkylation sites (N-methyl/N-ethyl adjacent to an activating group) is 1. The molecule has 4 heterocycles. The van der Waals surface area contributed by atoms with E-state index in [0.717, 1.165) is 78.7 Å². The van der Waals surface area contributed by atoms with E-state index in [1.54, 1.807) is 0 Å². The molecule has 9 heteroatoms. The highest BCUT2D eigenvalue weighted by molar-refractivity contribution is 6.35. The van der Waals surface area contributed by atoms with Crippen LogP contribution in [0.4, 0.5) is 5.82 Å². The molecule has 1 aromatic heterocycles. The van der Waals surface area contributed by atoms with Crippen LogP contribution in [-0.2, 0) is 6.42 Å². The van der Waals surface area contributed by atoms with Crippen molar-refractivity contribution in [3.63, 3.8) is 0 Å². The summed E-state index contributed by atoms with van der Waals surface area (Å²) in [7, 11) is 2.12. The molecule has 0 aliphatic carbocycles. The summed E-state index contributed by atoms with van der Waals surface area (Å²) in [6, 6.07) is 17.1. The van der Waals surface area contributed by atoms with Crippen molar-refractivity contribution in [2.45, 2.75) is 43.8 Å². The first kappa shape index (κ1) is 26.8. The number of rotatable bonds is 6. The number of nitrogens with one attached hydrogen (secondary N) is 2. The van der Waals surface area contributed by atoms with Crippen LogP contribution in [0.25, 0.3) is 10.8 Å². The molecule has 8 nitrogen and oxygen atoms in total. The van der Waals surface area contributed by atoms with E-state index in [4.69, 9.17) is 21.3 Å². The zero-order valence-electron chi connectivity index (χ0n) is 22.8. The molecule has 3 aromatic rings. The van der Waals surface area contributed by atoms with Crippen LogP contribution < -0.4 is 20.3 Å². The van der Waals surface area contributed by atoms with Gasteiger partial charge in [-0.25, -0.2) is 0 Å². The molecule has 2 aromatic carbocycles. The Bertz CT molecular complexity index is 1490. The quantitative estimate of drug-likeness (QED) is 0.468. The van der Waals surface area contributed by atoms with Crippen LogP contribution in [0, 0.1) is 22.7 Å². The van der Waals surface area contributed by atoms with E-state index >= 15 is 0 Å². The highest BCUT2D eigenvalue weighted by Crippen LogP contribution is 2.42. The van der Waals surface area contributed by atoms with Gasteiger partial charge < -0.3 is 25.2 Å². The first-order valence-electron chi connectivity index (χ1n) is 14.1. The molecule has 6 rings (SSSR count). The summed E-state index contributed by atoms with van der Waals surface area (Å²) in [6.07, 6.45) is 3.40. The van der Waals surface area contributed by atoms with Crippen molar-refractivity contribution in [2.75, 3.05) is 51.3 Å². The SMILES string of the molecule is CN1CCC[C@H]1COc1nc(N2CCN[C@@H](CC#N)C2)c2c(c1C#N)C(c1cccc3cccc(Cl)c13)NCC2. The Morgan fingerprint density at radius 3 is 2.75 bits per heavy atom. The maximum absolute atomic E-state index is 10.6. The Labute approximate surface area is 240 Å². The van der Waals surface area contributed by atoms with Crippen LogP contribution in [0.5, 0.6) is 5.88 Å². The maximum atomic E-state index is 10.6. The van der Waals surface area contributed by atoms with Crippen LogP contribution in [0.2, 0.25) is 5.02 Å². The summed E-state index contributed by atoms with van der Waals surface area (Å²) < 4.78 is 6.43. The van der Waals surface area contributed by atoms with Crippen LogP contribution in [0.1, 0.15) is 47.6 Å². The van der Waals surface area contributed by atoms with Gasteiger partial charge in [-0.1, -0.05) is 41.9 Å². The van der Waals surface area contributed by atoms with Gasteiger partial charge in [0.15, 0.2) is 0 Å². The fraction of sp³-hybridized carbons (Fsp3) is 0.452. The highest BCUT2D eigenvalue weighted by Gasteiger charge is 2.34. The number of hydrogen-bond acceptors (Lipinski definition) is 8. The number of benzene rings is 2. The number of piperazine rings is 1. The second kappa shape index (κ2) is 11.6. The molecule has 3 aliphatic rings. The molecule has 0 amide bonds. The van der Waals surface area contributed by atoms with E-state index in [1.807, 2.05) is 18.2 Å². The lowest BCUT2D eigenvalue weighted by molar-refractivity contribution is 0.192. The average Bonchev–Trinajstić information content (AvgIpc) is 3.39. The van der Waals surface area contributed by atoms with Crippen LogP contribution >= 0.6 is 11.6 Å². The number of pyridine rings is 1. The average molecular weight is 556 g/mol. The maximum Gasteiger partial charge on any atom is 0.234 e. The molecule has 3 aliphatic heterocycles. The van der Waals surface area contributed by atoms with E-state index in [9.17, 15) is 10.5 Å². The second-order valence-corrected chi connectivity index (χ2v) is 11.4. The van der Waals surface area contributed by atoms with Crippen molar-refractivity contribution in [1.82, 2.24) is 20.5 Å². The smallest absolute Gasteiger partial charge is 0.234 e. The van der Waals surface area contributed by atoms with Crippen molar-refractivity contribution in [2.24, 2.45) is 0 Å². The lowest BCUT2D eigenvalue weighted by Gasteiger charge is -2.38. The zero-order chi connectivity index (χ0) is 27.6. The fourth-order valence-electron chi connectivity index (χ4n) is 6.55. The molecule has 0 saturated carbocycles. The number of nitrogens with zero attached hydrogens (tertiary/aromatic N) is 5. The highest BCUT2D eigenvalue weighted by atomic mass is 35.5. The summed E-state index contributed by atoms with van der Waals surface area (Å²) in [5, 5.41) is 29.8. The van der Waals surface area contributed by atoms with Gasteiger partial charge in [0.25, 0.3) is 0 Å². The molecule has 1 unspecified atom stereocenters. The lowest BCUT2D eigenvalue weighted by atomic mass is 9.85. The summed E-state index contributed by atoms with van der Waals surface area (Å²) in [5.74, 6) is 1.26. The zero-order valence-corrected chi connectivity index (χ0v) is 23.5. The normalized spacial score (nSPS) is 23.0. The Kier molecular flexibility index (Phi) is 7.78. The Morgan fingerprint density at radius 2 is 1.98 bits per heavy atom. The van der Waals surface area contributed by atoms with Crippen molar-refractivity contribution in [1.29, 1.82) is 10.5 Å². The molecular weight excluding hydrogens is 522 g/mol. The topological polar surface area (TPSA) is 100 Å². The minimum atomic E-state index is -0.238. The molecule has 206 valence electrons. The third kappa shape index (κ3) is 4.98. The van der Waals surface area contributed by atoms with Gasteiger partial charge in [0, 0.05) is 59.8 Å². The van der Waals surface area contributed by atoms with E-state index < -0.39 is 0 Å². The number of hydrogen-bond donors (Lipinski definition) is 2. The van der Waals surface area contributed by atoms with Gasteiger partial charge in [-0.2, -0.15) is 15.5 Å². The summed E-state index contributed by atoms with van der Waals surface area (Å²) >= 11 is 6.77. The van der Waals surface area contributed by atoms with Gasteiger partial charge >= 0.3 is 0 Å². The molecule has 0 bridgehead atoms. The van der Waals surface area contributed by atoms with Crippen LogP contribution in [0.15, 0.2) is 36.4 Å². The molecule has 0 spiro atoms. The molecule has 0 radical (unpaired) electrons. The molecule has 2 saturated heterocycles. The Balaban J connectivity index is 1.50. The molecular formula is C31H34ClN7O. The third-order valence-electron chi connectivity index (χ3n) is 8.58. The van der Waals surface area contributed by atoms with Crippen molar-refractivity contribution < 1.29 is 4.74 Å². The molecule has 3 atom stereocenters. The summed E-state index contributed by atoms with van der Waals surface area (Å²) in [6.45, 7) is 4.52. The minimum absolute atomic E-state index is 0.0673. The lowest BCUT2D eigenvalue weighted by Crippen LogP contribution is -2.51. The number of aromatic nitrogens is 1. The number of fused-ring (bicyclic) bond motifs is 2. The second-order valence-electron chi connectivity index (χ2n) is 11.0.